The van der Waals surface area contributed by atoms with Gasteiger partial charge in [0.25, 0.3) is 0 Å². The molecule has 2 saturated heterocycles. The number of allylic oxidation sites excluding steroid dienone is 2. The quantitative estimate of drug-likeness (QED) is 0.0976. The summed E-state index contributed by atoms with van der Waals surface area (Å²) >= 11 is 5.54. The van der Waals surface area contributed by atoms with Gasteiger partial charge < -0.3 is 25.6 Å². The van der Waals surface area contributed by atoms with Crippen molar-refractivity contribution >= 4 is 33.9 Å². The van der Waals surface area contributed by atoms with E-state index in [1.807, 2.05) is 24.3 Å². The first-order chi connectivity index (χ1) is 32.0. The number of benzene rings is 6. The summed E-state index contributed by atoms with van der Waals surface area (Å²) in [7, 11) is 3.44. The van der Waals surface area contributed by atoms with Crippen molar-refractivity contribution < 1.29 is 50.3 Å². The minimum absolute atomic E-state index is 0. The monoisotopic (exact) mass is 910 g/mol. The van der Waals surface area contributed by atoms with Gasteiger partial charge in [-0.3, -0.25) is 4.90 Å². The molecular formula is C58H64ClN2NaO4. The Kier molecular flexibility index (Phi) is 18.5. The van der Waals surface area contributed by atoms with Crippen LogP contribution in [0.2, 0.25) is 0 Å². The molecule has 2 fully saturated rings. The maximum absolute atomic E-state index is 9.67. The van der Waals surface area contributed by atoms with Gasteiger partial charge in [0.2, 0.25) is 0 Å². The molecule has 0 bridgehead atoms. The molecule has 8 heteroatoms. The molecule has 4 aliphatic rings. The second kappa shape index (κ2) is 24.8. The number of aromatic hydroxyl groups is 1. The largest absolute Gasteiger partial charge is 1.00 e. The fraction of sp³-hybridized carbons (Fsp3) is 0.310. The van der Waals surface area contributed by atoms with Crippen LogP contribution in [-0.4, -0.2) is 80.9 Å². The molecule has 6 aromatic carbocycles. The Balaban J connectivity index is 0.000000188. The van der Waals surface area contributed by atoms with Crippen LogP contribution in [0.1, 0.15) is 84.5 Å². The van der Waals surface area contributed by atoms with E-state index >= 15 is 0 Å². The Labute approximate surface area is 421 Å². The van der Waals surface area contributed by atoms with Gasteiger partial charge in [-0.25, -0.2) is 0 Å². The minimum Gasteiger partial charge on any atom is -1.00 e. The second-order valence-corrected chi connectivity index (χ2v) is 17.6. The summed E-state index contributed by atoms with van der Waals surface area (Å²) in [5.41, 5.74) is 15.5. The topological polar surface area (TPSA) is 54.4 Å². The molecule has 2 heterocycles. The van der Waals surface area contributed by atoms with E-state index in [0.29, 0.717) is 0 Å². The number of phenolic OH excluding ortho intramolecular Hbond substituents is 1. The van der Waals surface area contributed by atoms with Crippen molar-refractivity contribution in [1.82, 2.24) is 9.80 Å². The van der Waals surface area contributed by atoms with Crippen LogP contribution in [0, 0.1) is 0 Å². The van der Waals surface area contributed by atoms with Crippen LogP contribution in [0.5, 0.6) is 23.0 Å². The fourth-order valence-corrected chi connectivity index (χ4v) is 9.92. The van der Waals surface area contributed by atoms with E-state index in [0.717, 1.165) is 74.1 Å². The van der Waals surface area contributed by atoms with Crippen molar-refractivity contribution in [3.8, 4) is 23.0 Å². The maximum atomic E-state index is 9.67. The van der Waals surface area contributed by atoms with E-state index < -0.39 is 0 Å². The smallest absolute Gasteiger partial charge is 1.00 e. The van der Waals surface area contributed by atoms with Crippen molar-refractivity contribution in [2.45, 2.75) is 51.4 Å². The fourth-order valence-electron chi connectivity index (χ4n) is 9.68. The van der Waals surface area contributed by atoms with E-state index in [4.69, 9.17) is 25.8 Å². The Morgan fingerprint density at radius 2 is 0.924 bits per heavy atom. The number of alkyl halides is 1. The number of hydrogen-bond donors (Lipinski definition) is 1. The van der Waals surface area contributed by atoms with Crippen molar-refractivity contribution in [2.24, 2.45) is 0 Å². The van der Waals surface area contributed by atoms with Crippen LogP contribution in [-0.2, 0) is 12.8 Å². The summed E-state index contributed by atoms with van der Waals surface area (Å²) in [5, 5.41) is 9.67. The number of nitrogens with zero attached hydrogens (tertiary/aromatic N) is 2. The number of aryl methyl sites for hydroxylation is 2. The number of methoxy groups -OCH3 is 2. The third-order valence-electron chi connectivity index (χ3n) is 13.1. The van der Waals surface area contributed by atoms with Gasteiger partial charge in [0.1, 0.15) is 29.6 Å². The Bertz CT molecular complexity index is 2520. The molecule has 6 aromatic rings. The van der Waals surface area contributed by atoms with Gasteiger partial charge in [-0.15, -0.1) is 11.6 Å². The third kappa shape index (κ3) is 12.6. The number of halogens is 1. The molecule has 0 aromatic heterocycles. The van der Waals surface area contributed by atoms with E-state index in [-0.39, 0.29) is 36.7 Å². The van der Waals surface area contributed by atoms with E-state index in [2.05, 4.69) is 119 Å². The predicted octanol–water partition coefficient (Wildman–Crippen LogP) is 9.82. The first-order valence-electron chi connectivity index (χ1n) is 23.5. The molecule has 2 aliphatic carbocycles. The summed E-state index contributed by atoms with van der Waals surface area (Å²) < 4.78 is 16.9. The van der Waals surface area contributed by atoms with Crippen LogP contribution in [0.25, 0.3) is 22.3 Å². The average molecular weight is 912 g/mol. The van der Waals surface area contributed by atoms with E-state index in [9.17, 15) is 5.11 Å². The average Bonchev–Trinajstić information content (AvgIpc) is 4.10. The van der Waals surface area contributed by atoms with Crippen LogP contribution in [0.15, 0.2) is 146 Å². The number of rotatable bonds is 12. The molecule has 6 nitrogen and oxygen atoms in total. The molecule has 66 heavy (non-hydrogen) atoms. The van der Waals surface area contributed by atoms with Crippen molar-refractivity contribution in [2.75, 3.05) is 66.0 Å². The van der Waals surface area contributed by atoms with Gasteiger partial charge in [-0.1, -0.05) is 97.1 Å². The maximum Gasteiger partial charge on any atom is 1.00 e. The second-order valence-electron chi connectivity index (χ2n) is 17.2. The molecule has 338 valence electrons. The number of ether oxygens (including phenoxy) is 3. The molecule has 0 saturated carbocycles. The normalized spacial score (nSPS) is 15.6. The van der Waals surface area contributed by atoms with Crippen LogP contribution in [0.4, 0.5) is 0 Å². The zero-order chi connectivity index (χ0) is 44.8. The van der Waals surface area contributed by atoms with Crippen LogP contribution < -0.4 is 43.8 Å². The number of likely N-dealkylation sites (tertiary alicyclic amines) is 2. The molecule has 10 rings (SSSR count). The SMILES string of the molecule is COc1ccc2c(c1)CCC(c1ccccc1)=C2c1ccc(O)cc1.COc1ccc2c(c1)CCC(c1ccccc1)=C2c1ccc(OCCN2CCCC2)cc1.ClCCN1CCCC1.[H-].[Na+]. The Morgan fingerprint density at radius 3 is 1.36 bits per heavy atom. The molecule has 0 spiro atoms. The van der Waals surface area contributed by atoms with Crippen molar-refractivity contribution in [1.29, 1.82) is 0 Å². The molecule has 1 N–H and O–H groups in total. The van der Waals surface area contributed by atoms with Gasteiger partial charge in [0.05, 0.1) is 14.2 Å². The molecule has 2 aliphatic heterocycles. The first kappa shape index (κ1) is 49.1. The zero-order valence-electron chi connectivity index (χ0n) is 40.1. The number of hydrogen-bond acceptors (Lipinski definition) is 6. The minimum atomic E-state index is 0. The predicted molar refractivity (Wildman–Crippen MR) is 271 cm³/mol. The summed E-state index contributed by atoms with van der Waals surface area (Å²) in [4.78, 5) is 4.89. The summed E-state index contributed by atoms with van der Waals surface area (Å²) in [6, 6.07) is 50.3. The number of fused-ring (bicyclic) bond motifs is 2. The van der Waals surface area contributed by atoms with Crippen LogP contribution in [0.3, 0.4) is 0 Å². The van der Waals surface area contributed by atoms with Crippen molar-refractivity contribution in [3.05, 3.63) is 190 Å². The molecule has 0 unspecified atom stereocenters. The van der Waals surface area contributed by atoms with Crippen molar-refractivity contribution in [3.63, 3.8) is 0 Å². The molecule has 0 radical (unpaired) electrons. The Hall–Kier alpha value is -4.79. The summed E-state index contributed by atoms with van der Waals surface area (Å²) in [6.07, 6.45) is 9.42. The van der Waals surface area contributed by atoms with E-state index in [1.54, 1.807) is 26.4 Å². The van der Waals surface area contributed by atoms with Gasteiger partial charge in [0, 0.05) is 19.0 Å². The van der Waals surface area contributed by atoms with E-state index in [1.165, 1.54) is 113 Å². The standard InChI is InChI=1S/C29H31NO2.C23H20O2.C6H12ClN.Na.H/c1-31-26-14-16-28-24(21-26)11-15-27(22-7-3-2-4-8-22)29(28)23-9-12-25(13-10-23)32-20-19-30-17-5-6-18-30;1-25-20-12-14-22-18(15-20)9-13-21(16-5-3-2-4-6-16)23(22)17-7-10-19(24)11-8-17;7-3-6-8-4-1-2-5-8;;/h2-4,7-10,12-14,16,21H,5-6,11,15,17-20H2,1H3;2-8,10-12,14-15,24H,9,13H2,1H3;1-6H2;;/q;;;+1;-1. The first-order valence-corrected chi connectivity index (χ1v) is 24.0. The summed E-state index contributed by atoms with van der Waals surface area (Å²) in [5.74, 6) is 3.84. The van der Waals surface area contributed by atoms with Crippen LogP contribution >= 0.6 is 11.6 Å². The third-order valence-corrected chi connectivity index (χ3v) is 13.2. The van der Waals surface area contributed by atoms with Gasteiger partial charge in [-0.05, 0) is 193 Å². The van der Waals surface area contributed by atoms with Gasteiger partial charge >= 0.3 is 29.6 Å². The van der Waals surface area contributed by atoms with Gasteiger partial charge in [0.15, 0.2) is 0 Å². The van der Waals surface area contributed by atoms with Gasteiger partial charge in [-0.2, -0.15) is 0 Å². The zero-order valence-corrected chi connectivity index (χ0v) is 41.9. The molecule has 0 amide bonds. The molecular weight excluding hydrogens is 847 g/mol. The number of phenols is 1. The molecule has 0 atom stereocenters. The Morgan fingerprint density at radius 1 is 0.500 bits per heavy atom. The summed E-state index contributed by atoms with van der Waals surface area (Å²) in [6.45, 7) is 7.81.